The summed E-state index contributed by atoms with van der Waals surface area (Å²) in [4.78, 5) is 26.2. The first kappa shape index (κ1) is 19.0. The quantitative estimate of drug-likeness (QED) is 0.746. The predicted molar refractivity (Wildman–Crippen MR) is 91.5 cm³/mol. The average Bonchev–Trinajstić information content (AvgIpc) is 2.57. The molecular weight excluding hydrogens is 318 g/mol. The number of hydrogen-bond donors (Lipinski definition) is 2. The molecule has 1 aromatic carbocycles. The van der Waals surface area contributed by atoms with E-state index in [1.807, 2.05) is 24.3 Å². The maximum absolute atomic E-state index is 11.9. The van der Waals surface area contributed by atoms with E-state index in [1.165, 1.54) is 9.80 Å². The Bertz CT molecular complexity index is 510. The van der Waals surface area contributed by atoms with Gasteiger partial charge in [0.25, 0.3) is 0 Å². The lowest BCUT2D eigenvalue weighted by Crippen LogP contribution is -2.37. The number of rotatable bonds is 7. The third-order valence-electron chi connectivity index (χ3n) is 3.11. The fraction of sp³-hybridized carbons (Fsp3) is 0.467. The lowest BCUT2D eigenvalue weighted by Gasteiger charge is -2.21. The van der Waals surface area contributed by atoms with Crippen LogP contribution in [0.2, 0.25) is 0 Å². The molecule has 1 aromatic rings. The molecule has 0 aliphatic carbocycles. The van der Waals surface area contributed by atoms with Crippen LogP contribution in [-0.2, 0) is 16.1 Å². The van der Waals surface area contributed by atoms with Crippen LogP contribution in [0, 0.1) is 0 Å². The Hall–Kier alpha value is -2.09. The van der Waals surface area contributed by atoms with E-state index in [9.17, 15) is 9.59 Å². The molecule has 0 bridgehead atoms. The molecule has 1 N–H and O–H groups in total. The number of carbonyl (C=O) groups is 2. The van der Waals surface area contributed by atoms with Gasteiger partial charge >= 0.3 is 12.2 Å². The smallest absolute Gasteiger partial charge is 0.409 e. The van der Waals surface area contributed by atoms with Gasteiger partial charge in [0, 0.05) is 32.9 Å². The van der Waals surface area contributed by atoms with E-state index in [0.29, 0.717) is 19.7 Å². The van der Waals surface area contributed by atoms with E-state index in [-0.39, 0.29) is 6.61 Å². The van der Waals surface area contributed by atoms with Gasteiger partial charge in [-0.25, -0.2) is 9.59 Å². The lowest BCUT2D eigenvalue weighted by molar-refractivity contribution is 0.0939. The minimum atomic E-state index is -0.446. The minimum Gasteiger partial charge on any atom is -0.450 e. The summed E-state index contributed by atoms with van der Waals surface area (Å²) in [5, 5.41) is 0. The van der Waals surface area contributed by atoms with E-state index >= 15 is 0 Å². The van der Waals surface area contributed by atoms with Crippen molar-refractivity contribution < 1.29 is 19.1 Å². The Balaban J connectivity index is 2.34. The number of anilines is 1. The molecule has 0 saturated heterocycles. The summed E-state index contributed by atoms with van der Waals surface area (Å²) in [5.74, 6) is 0. The van der Waals surface area contributed by atoms with Gasteiger partial charge in [-0.3, -0.25) is 0 Å². The zero-order chi connectivity index (χ0) is 17.2. The Kier molecular flexibility index (Phi) is 8.10. The van der Waals surface area contributed by atoms with E-state index in [4.69, 9.17) is 9.47 Å². The van der Waals surface area contributed by atoms with Crippen molar-refractivity contribution in [3.8, 4) is 0 Å². The predicted octanol–water partition coefficient (Wildman–Crippen LogP) is 2.60. The molecule has 0 atom stereocenters. The summed E-state index contributed by atoms with van der Waals surface area (Å²) in [5.41, 5.74) is 1.74. The van der Waals surface area contributed by atoms with Crippen molar-refractivity contribution in [2.45, 2.75) is 13.5 Å². The van der Waals surface area contributed by atoms with E-state index in [1.54, 1.807) is 21.0 Å². The average molecular weight is 341 g/mol. The van der Waals surface area contributed by atoms with Gasteiger partial charge in [0.1, 0.15) is 6.61 Å². The third-order valence-corrected chi connectivity index (χ3v) is 3.37. The van der Waals surface area contributed by atoms with Gasteiger partial charge in [0.2, 0.25) is 0 Å². The summed E-state index contributed by atoms with van der Waals surface area (Å²) in [6, 6.07) is 7.38. The largest absolute Gasteiger partial charge is 0.450 e. The van der Waals surface area contributed by atoms with Crippen LogP contribution >= 0.6 is 12.8 Å². The standard InChI is InChI=1S/C15H23N3O4S/c1-4-21-14(19)17(2)9-10-18(3)15(20)22-11-12-5-7-13(16-23)8-6-12/h5-8,16,23H,4,9-11H2,1-3H3. The van der Waals surface area contributed by atoms with Crippen LogP contribution in [0.1, 0.15) is 12.5 Å². The first-order valence-electron chi connectivity index (χ1n) is 7.22. The second-order valence-corrected chi connectivity index (χ2v) is 5.13. The van der Waals surface area contributed by atoms with Crippen molar-refractivity contribution in [1.29, 1.82) is 0 Å². The summed E-state index contributed by atoms with van der Waals surface area (Å²) in [6.45, 7) is 2.98. The molecule has 2 amide bonds. The number of ether oxygens (including phenoxy) is 2. The zero-order valence-corrected chi connectivity index (χ0v) is 14.5. The molecule has 0 heterocycles. The van der Waals surface area contributed by atoms with Crippen molar-refractivity contribution in [3.05, 3.63) is 29.8 Å². The summed E-state index contributed by atoms with van der Waals surface area (Å²) in [7, 11) is 3.24. The van der Waals surface area contributed by atoms with E-state index in [0.717, 1.165) is 11.3 Å². The van der Waals surface area contributed by atoms with Crippen LogP contribution in [0.5, 0.6) is 0 Å². The van der Waals surface area contributed by atoms with Gasteiger partial charge in [0.15, 0.2) is 0 Å². The zero-order valence-electron chi connectivity index (χ0n) is 13.6. The van der Waals surface area contributed by atoms with Crippen molar-refractivity contribution in [2.75, 3.05) is 38.5 Å². The van der Waals surface area contributed by atoms with Gasteiger partial charge in [-0.2, -0.15) is 0 Å². The molecule has 23 heavy (non-hydrogen) atoms. The van der Waals surface area contributed by atoms with E-state index < -0.39 is 12.2 Å². The lowest BCUT2D eigenvalue weighted by atomic mass is 10.2. The van der Waals surface area contributed by atoms with Crippen molar-refractivity contribution >= 4 is 30.7 Å². The molecule has 8 heteroatoms. The van der Waals surface area contributed by atoms with Crippen LogP contribution in [0.4, 0.5) is 15.3 Å². The fourth-order valence-corrected chi connectivity index (χ4v) is 1.80. The SMILES string of the molecule is CCOC(=O)N(C)CCN(C)C(=O)OCc1ccc(NS)cc1. The van der Waals surface area contributed by atoms with Crippen LogP contribution in [0.25, 0.3) is 0 Å². The number of benzene rings is 1. The maximum Gasteiger partial charge on any atom is 0.409 e. The number of nitrogens with one attached hydrogen (secondary N) is 1. The van der Waals surface area contributed by atoms with Crippen LogP contribution in [0.15, 0.2) is 24.3 Å². The first-order chi connectivity index (χ1) is 11.0. The van der Waals surface area contributed by atoms with Gasteiger partial charge in [-0.15, -0.1) is 0 Å². The Morgan fingerprint density at radius 2 is 1.57 bits per heavy atom. The number of thiol groups is 1. The highest BCUT2D eigenvalue weighted by Gasteiger charge is 2.14. The van der Waals surface area contributed by atoms with Gasteiger partial charge in [-0.05, 0) is 24.6 Å². The maximum atomic E-state index is 11.9. The number of carbonyl (C=O) groups excluding carboxylic acids is 2. The van der Waals surface area contributed by atoms with Gasteiger partial charge in [-0.1, -0.05) is 24.9 Å². The van der Waals surface area contributed by atoms with Crippen molar-refractivity contribution in [2.24, 2.45) is 0 Å². The van der Waals surface area contributed by atoms with Crippen molar-refractivity contribution in [1.82, 2.24) is 9.80 Å². The molecule has 7 nitrogen and oxygen atoms in total. The molecule has 128 valence electrons. The highest BCUT2D eigenvalue weighted by atomic mass is 32.1. The monoisotopic (exact) mass is 341 g/mol. The number of hydrogen-bond acceptors (Lipinski definition) is 6. The second-order valence-electron chi connectivity index (χ2n) is 4.91. The molecule has 0 saturated carbocycles. The van der Waals surface area contributed by atoms with Crippen LogP contribution < -0.4 is 4.72 Å². The summed E-state index contributed by atoms with van der Waals surface area (Å²) >= 11 is 3.94. The molecule has 0 aromatic heterocycles. The molecule has 0 fully saturated rings. The van der Waals surface area contributed by atoms with E-state index in [2.05, 4.69) is 17.5 Å². The minimum absolute atomic E-state index is 0.184. The molecule has 0 radical (unpaired) electrons. The molecule has 0 spiro atoms. The fourth-order valence-electron chi connectivity index (χ4n) is 1.65. The number of amides is 2. The molecule has 0 aliphatic rings. The Labute approximate surface area is 142 Å². The highest BCUT2D eigenvalue weighted by Crippen LogP contribution is 2.11. The molecular formula is C15H23N3O4S. The van der Waals surface area contributed by atoms with Crippen LogP contribution in [-0.4, -0.2) is 55.8 Å². The summed E-state index contributed by atoms with van der Waals surface area (Å²) in [6.07, 6.45) is -0.856. The van der Waals surface area contributed by atoms with Gasteiger partial charge < -0.3 is 24.0 Å². The van der Waals surface area contributed by atoms with Crippen molar-refractivity contribution in [3.63, 3.8) is 0 Å². The normalized spacial score (nSPS) is 9.91. The molecule has 0 unspecified atom stereocenters. The van der Waals surface area contributed by atoms with Crippen LogP contribution in [0.3, 0.4) is 0 Å². The Morgan fingerprint density at radius 1 is 1.04 bits per heavy atom. The highest BCUT2D eigenvalue weighted by molar-refractivity contribution is 7.81. The van der Waals surface area contributed by atoms with Gasteiger partial charge in [0.05, 0.1) is 6.61 Å². The first-order valence-corrected chi connectivity index (χ1v) is 7.67. The number of likely N-dealkylation sites (N-methyl/N-ethyl adjacent to an activating group) is 2. The molecule has 0 aliphatic heterocycles. The summed E-state index contributed by atoms with van der Waals surface area (Å²) < 4.78 is 12.8. The second kappa shape index (κ2) is 9.83. The topological polar surface area (TPSA) is 71.1 Å². The number of nitrogens with zero attached hydrogens (tertiary/aromatic N) is 2. The Morgan fingerprint density at radius 3 is 2.04 bits per heavy atom. The molecule has 1 rings (SSSR count). The third kappa shape index (κ3) is 6.68.